The molecule has 1 rings (SSSR count). The van der Waals surface area contributed by atoms with Crippen molar-refractivity contribution in [1.82, 2.24) is 4.90 Å². The summed E-state index contributed by atoms with van der Waals surface area (Å²) in [4.78, 5) is 14.0. The normalized spacial score (nSPS) is 13.9. The Morgan fingerprint density at radius 1 is 1.32 bits per heavy atom. The summed E-state index contributed by atoms with van der Waals surface area (Å²) in [6, 6.07) is 10.3. The molecule has 1 amide bonds. The number of hydrogen-bond donors (Lipinski definition) is 1. The van der Waals surface area contributed by atoms with Crippen molar-refractivity contribution in [1.29, 1.82) is 0 Å². The second kappa shape index (κ2) is 7.29. The average Bonchev–Trinajstić information content (AvgIpc) is 2.39. The molecular formula is C16H26N2O. The highest BCUT2D eigenvalue weighted by Crippen LogP contribution is 2.12. The summed E-state index contributed by atoms with van der Waals surface area (Å²) < 4.78 is 0. The van der Waals surface area contributed by atoms with Gasteiger partial charge in [0.1, 0.15) is 0 Å². The van der Waals surface area contributed by atoms with Gasteiger partial charge in [-0.25, -0.2) is 0 Å². The molecule has 0 aliphatic heterocycles. The molecule has 0 fully saturated rings. The standard InChI is InChI=1S/C16H26N2O/c1-4-12-16(2,17)15(19)18(3)13-8-11-14-9-6-5-7-10-14/h5-7,9-10H,4,8,11-13,17H2,1-3H3. The lowest BCUT2D eigenvalue weighted by Gasteiger charge is -2.29. The highest BCUT2D eigenvalue weighted by Gasteiger charge is 2.29. The lowest BCUT2D eigenvalue weighted by Crippen LogP contribution is -2.52. The third-order valence-electron chi connectivity index (χ3n) is 3.41. The SMILES string of the molecule is CCCC(C)(N)C(=O)N(C)CCCc1ccccc1. The molecule has 0 heterocycles. The van der Waals surface area contributed by atoms with E-state index in [2.05, 4.69) is 12.1 Å². The molecule has 1 unspecified atom stereocenters. The molecule has 3 heteroatoms. The third-order valence-corrected chi connectivity index (χ3v) is 3.41. The number of carbonyl (C=O) groups is 1. The van der Waals surface area contributed by atoms with E-state index < -0.39 is 5.54 Å². The maximum absolute atomic E-state index is 12.2. The predicted octanol–water partition coefficient (Wildman–Crippen LogP) is 2.60. The predicted molar refractivity (Wildman–Crippen MR) is 79.9 cm³/mol. The molecule has 0 radical (unpaired) electrons. The van der Waals surface area contributed by atoms with Crippen LogP contribution >= 0.6 is 0 Å². The molecule has 0 bridgehead atoms. The van der Waals surface area contributed by atoms with Gasteiger partial charge in [-0.15, -0.1) is 0 Å². The van der Waals surface area contributed by atoms with Gasteiger partial charge in [-0.05, 0) is 31.7 Å². The van der Waals surface area contributed by atoms with Crippen molar-refractivity contribution in [3.8, 4) is 0 Å². The van der Waals surface area contributed by atoms with Gasteiger partial charge in [0.25, 0.3) is 0 Å². The van der Waals surface area contributed by atoms with Gasteiger partial charge in [0, 0.05) is 13.6 Å². The van der Waals surface area contributed by atoms with Crippen LogP contribution in [0.4, 0.5) is 0 Å². The third kappa shape index (κ3) is 5.03. The summed E-state index contributed by atoms with van der Waals surface area (Å²) in [6.45, 7) is 4.63. The summed E-state index contributed by atoms with van der Waals surface area (Å²) in [5.41, 5.74) is 6.65. The summed E-state index contributed by atoms with van der Waals surface area (Å²) in [5.74, 6) is 0.0439. The van der Waals surface area contributed by atoms with E-state index >= 15 is 0 Å². The molecular weight excluding hydrogens is 236 g/mol. The van der Waals surface area contributed by atoms with Gasteiger partial charge >= 0.3 is 0 Å². The number of likely N-dealkylation sites (N-methyl/N-ethyl adjacent to an activating group) is 1. The first-order chi connectivity index (χ1) is 8.97. The van der Waals surface area contributed by atoms with E-state index in [1.807, 2.05) is 39.1 Å². The minimum Gasteiger partial charge on any atom is -0.344 e. The summed E-state index contributed by atoms with van der Waals surface area (Å²) in [5, 5.41) is 0. The fourth-order valence-corrected chi connectivity index (χ4v) is 2.33. The van der Waals surface area contributed by atoms with Gasteiger partial charge in [-0.2, -0.15) is 0 Å². The van der Waals surface area contributed by atoms with Crippen LogP contribution in [0.1, 0.15) is 38.7 Å². The summed E-state index contributed by atoms with van der Waals surface area (Å²) in [6.07, 6.45) is 3.62. The van der Waals surface area contributed by atoms with Gasteiger partial charge in [0.15, 0.2) is 0 Å². The Bertz CT molecular complexity index is 387. The van der Waals surface area contributed by atoms with Crippen molar-refractivity contribution >= 4 is 5.91 Å². The number of amides is 1. The lowest BCUT2D eigenvalue weighted by atomic mass is 9.96. The van der Waals surface area contributed by atoms with Crippen molar-refractivity contribution in [3.05, 3.63) is 35.9 Å². The van der Waals surface area contributed by atoms with Crippen molar-refractivity contribution in [3.63, 3.8) is 0 Å². The van der Waals surface area contributed by atoms with Gasteiger partial charge in [-0.3, -0.25) is 4.79 Å². The molecule has 0 aliphatic rings. The minimum atomic E-state index is -0.726. The van der Waals surface area contributed by atoms with Crippen molar-refractivity contribution < 1.29 is 4.79 Å². The smallest absolute Gasteiger partial charge is 0.242 e. The van der Waals surface area contributed by atoms with Gasteiger partial charge in [0.2, 0.25) is 5.91 Å². The average molecular weight is 262 g/mol. The van der Waals surface area contributed by atoms with E-state index in [-0.39, 0.29) is 5.91 Å². The highest BCUT2D eigenvalue weighted by atomic mass is 16.2. The molecule has 0 aliphatic carbocycles. The quantitative estimate of drug-likeness (QED) is 0.821. The Hall–Kier alpha value is -1.35. The van der Waals surface area contributed by atoms with Crippen molar-refractivity contribution in [2.24, 2.45) is 5.73 Å². The fourth-order valence-electron chi connectivity index (χ4n) is 2.33. The monoisotopic (exact) mass is 262 g/mol. The highest BCUT2D eigenvalue weighted by molar-refractivity contribution is 5.85. The lowest BCUT2D eigenvalue weighted by molar-refractivity contribution is -0.135. The maximum Gasteiger partial charge on any atom is 0.242 e. The summed E-state index contributed by atoms with van der Waals surface area (Å²) >= 11 is 0. The van der Waals surface area contributed by atoms with Crippen LogP contribution in [0.2, 0.25) is 0 Å². The van der Waals surface area contributed by atoms with E-state index in [0.29, 0.717) is 0 Å². The Morgan fingerprint density at radius 3 is 2.53 bits per heavy atom. The fraction of sp³-hybridized carbons (Fsp3) is 0.562. The minimum absolute atomic E-state index is 0.0439. The van der Waals surface area contributed by atoms with Crippen LogP contribution in [0.3, 0.4) is 0 Å². The topological polar surface area (TPSA) is 46.3 Å². The number of nitrogens with zero attached hydrogens (tertiary/aromatic N) is 1. The molecule has 19 heavy (non-hydrogen) atoms. The van der Waals surface area contributed by atoms with E-state index in [1.54, 1.807) is 4.90 Å². The zero-order valence-corrected chi connectivity index (χ0v) is 12.4. The van der Waals surface area contributed by atoms with Crippen molar-refractivity contribution in [2.45, 2.75) is 45.1 Å². The number of nitrogens with two attached hydrogens (primary N) is 1. The van der Waals surface area contributed by atoms with Crippen LogP contribution in [-0.2, 0) is 11.2 Å². The van der Waals surface area contributed by atoms with Crippen molar-refractivity contribution in [2.75, 3.05) is 13.6 Å². The van der Waals surface area contributed by atoms with E-state index in [9.17, 15) is 4.79 Å². The van der Waals surface area contributed by atoms with Crippen LogP contribution < -0.4 is 5.73 Å². The molecule has 0 saturated carbocycles. The molecule has 3 nitrogen and oxygen atoms in total. The number of rotatable bonds is 7. The molecule has 0 saturated heterocycles. The van der Waals surface area contributed by atoms with Gasteiger partial charge in [0.05, 0.1) is 5.54 Å². The second-order valence-corrected chi connectivity index (χ2v) is 5.48. The Balaban J connectivity index is 2.39. The maximum atomic E-state index is 12.2. The number of aryl methyl sites for hydroxylation is 1. The molecule has 0 aromatic heterocycles. The zero-order chi connectivity index (χ0) is 14.3. The first-order valence-electron chi connectivity index (χ1n) is 7.05. The molecule has 1 atom stereocenters. The zero-order valence-electron chi connectivity index (χ0n) is 12.4. The molecule has 1 aromatic rings. The molecule has 2 N–H and O–H groups in total. The first kappa shape index (κ1) is 15.7. The van der Waals surface area contributed by atoms with Gasteiger partial charge < -0.3 is 10.6 Å². The van der Waals surface area contributed by atoms with E-state index in [4.69, 9.17) is 5.73 Å². The van der Waals surface area contributed by atoms with Crippen LogP contribution in [0.15, 0.2) is 30.3 Å². The van der Waals surface area contributed by atoms with Crippen LogP contribution in [0, 0.1) is 0 Å². The second-order valence-electron chi connectivity index (χ2n) is 5.48. The van der Waals surface area contributed by atoms with Crippen LogP contribution in [-0.4, -0.2) is 29.9 Å². The largest absolute Gasteiger partial charge is 0.344 e. The Morgan fingerprint density at radius 2 is 1.95 bits per heavy atom. The van der Waals surface area contributed by atoms with Crippen LogP contribution in [0.5, 0.6) is 0 Å². The molecule has 1 aromatic carbocycles. The van der Waals surface area contributed by atoms with Gasteiger partial charge in [-0.1, -0.05) is 43.7 Å². The number of benzene rings is 1. The number of hydrogen-bond acceptors (Lipinski definition) is 2. The molecule has 0 spiro atoms. The van der Waals surface area contributed by atoms with E-state index in [1.165, 1.54) is 5.56 Å². The number of carbonyl (C=O) groups excluding carboxylic acids is 1. The Kier molecular flexibility index (Phi) is 6.03. The Labute approximate surface area is 116 Å². The van der Waals surface area contributed by atoms with Crippen LogP contribution in [0.25, 0.3) is 0 Å². The first-order valence-corrected chi connectivity index (χ1v) is 7.05. The molecule has 106 valence electrons. The van der Waals surface area contributed by atoms with E-state index in [0.717, 1.165) is 32.2 Å². The summed E-state index contributed by atoms with van der Waals surface area (Å²) in [7, 11) is 1.84.